The minimum atomic E-state index is -0.192. The van der Waals surface area contributed by atoms with Gasteiger partial charge in [-0.05, 0) is 70.6 Å². The summed E-state index contributed by atoms with van der Waals surface area (Å²) in [6.45, 7) is 21.7. The van der Waals surface area contributed by atoms with Crippen LogP contribution in [0.25, 0.3) is 49.8 Å². The van der Waals surface area contributed by atoms with Crippen LogP contribution in [0.5, 0.6) is 0 Å². The Balaban J connectivity index is 0.000000305. The molecular weight excluding hydrogens is 731 g/mol. The van der Waals surface area contributed by atoms with Crippen molar-refractivity contribution in [2.45, 2.75) is 93.2 Å². The summed E-state index contributed by atoms with van der Waals surface area (Å²) in [4.78, 5) is 9.52. The Morgan fingerprint density at radius 1 is 0.911 bits per heavy atom. The van der Waals surface area contributed by atoms with E-state index in [0.717, 1.165) is 45.9 Å². The molecule has 0 aliphatic heterocycles. The number of amidine groups is 1. The Morgan fingerprint density at radius 2 is 1.64 bits per heavy atom. The Hall–Kier alpha value is -3.27. The van der Waals surface area contributed by atoms with E-state index in [9.17, 15) is 0 Å². The molecule has 45 heavy (non-hydrogen) atoms. The first-order valence-electron chi connectivity index (χ1n) is 16.1. The van der Waals surface area contributed by atoms with E-state index in [-0.39, 0.29) is 25.5 Å². The Morgan fingerprint density at radius 3 is 2.31 bits per heavy atom. The van der Waals surface area contributed by atoms with Gasteiger partial charge in [0.1, 0.15) is 11.3 Å². The molecule has 5 aromatic rings. The van der Waals surface area contributed by atoms with Crippen LogP contribution in [-0.2, 0) is 31.9 Å². The van der Waals surface area contributed by atoms with Crippen LogP contribution in [0.4, 0.5) is 0 Å². The molecule has 3 aromatic carbocycles. The Labute approximate surface area is 283 Å². The van der Waals surface area contributed by atoms with Gasteiger partial charge in [-0.1, -0.05) is 117 Å². The number of hydrogen-bond acceptors (Lipinski definition) is 3. The second-order valence-electron chi connectivity index (χ2n) is 13.8. The number of aromatic nitrogens is 1. The zero-order chi connectivity index (χ0) is 31.8. The van der Waals surface area contributed by atoms with Crippen molar-refractivity contribution >= 4 is 27.7 Å². The fraction of sp³-hybridized carbons (Fsp3) is 0.400. The topological polar surface area (TPSA) is 52.5 Å². The standard InChI is InChI=1S/C30H26NO.C10H21N2.Ir/c1-18(2)16-19-12-14-24-20(17-19)13-15-25(31-24)21-9-7-10-23-27(21)30(3,4)28-22-8-5-6-11-26(22)32-29(23)28;1-7(2)10(11-8(3)4)12-9(5)6;/h5-8,10-15,17-18H,16H2,1-4H3;7-9H,1-6H3;/q2*-1;. The molecule has 6 rings (SSSR count). The molecular formula is C40H47IrN3O-2. The summed E-state index contributed by atoms with van der Waals surface area (Å²) in [5, 5.41) is 6.85. The molecule has 1 aliphatic carbocycles. The molecule has 2 aromatic heterocycles. The van der Waals surface area contributed by atoms with Crippen molar-refractivity contribution < 1.29 is 24.5 Å². The van der Waals surface area contributed by atoms with Gasteiger partial charge in [-0.25, -0.2) is 0 Å². The van der Waals surface area contributed by atoms with Crippen molar-refractivity contribution in [2.75, 3.05) is 0 Å². The molecule has 0 N–H and O–H groups in total. The number of hydrogen-bond donors (Lipinski definition) is 0. The molecule has 0 atom stereocenters. The van der Waals surface area contributed by atoms with E-state index in [1.165, 1.54) is 27.5 Å². The average molecular weight is 778 g/mol. The second kappa shape index (κ2) is 14.0. The van der Waals surface area contributed by atoms with E-state index in [4.69, 9.17) is 9.40 Å². The van der Waals surface area contributed by atoms with Gasteiger partial charge in [0, 0.05) is 31.1 Å². The zero-order valence-corrected chi connectivity index (χ0v) is 30.8. The molecule has 0 fully saturated rings. The second-order valence-corrected chi connectivity index (χ2v) is 13.8. The first-order valence-corrected chi connectivity index (χ1v) is 16.1. The maximum absolute atomic E-state index is 6.34. The number of aliphatic imine (C=N–C) groups is 1. The molecule has 0 saturated carbocycles. The molecule has 5 heteroatoms. The van der Waals surface area contributed by atoms with E-state index in [1.54, 1.807) is 0 Å². The molecule has 1 radical (unpaired) electrons. The summed E-state index contributed by atoms with van der Waals surface area (Å²) in [5.41, 5.74) is 8.86. The van der Waals surface area contributed by atoms with E-state index in [2.05, 4.69) is 140 Å². The van der Waals surface area contributed by atoms with E-state index in [1.807, 2.05) is 12.1 Å². The number of fused-ring (bicyclic) bond motifs is 6. The quantitative estimate of drug-likeness (QED) is 0.0979. The smallest absolute Gasteiger partial charge is 0.135 e. The van der Waals surface area contributed by atoms with Gasteiger partial charge in [-0.3, -0.25) is 4.98 Å². The van der Waals surface area contributed by atoms with Gasteiger partial charge in [-0.2, -0.15) is 0 Å². The summed E-state index contributed by atoms with van der Waals surface area (Å²) in [5.74, 6) is 3.07. The maximum atomic E-state index is 6.34. The third-order valence-electron chi connectivity index (χ3n) is 8.04. The van der Waals surface area contributed by atoms with E-state index < -0.39 is 0 Å². The predicted molar refractivity (Wildman–Crippen MR) is 188 cm³/mol. The molecule has 4 nitrogen and oxygen atoms in total. The van der Waals surface area contributed by atoms with Crippen LogP contribution in [0.2, 0.25) is 0 Å². The van der Waals surface area contributed by atoms with Crippen LogP contribution >= 0.6 is 0 Å². The van der Waals surface area contributed by atoms with Crippen molar-refractivity contribution in [2.24, 2.45) is 16.8 Å². The van der Waals surface area contributed by atoms with Gasteiger partial charge >= 0.3 is 0 Å². The van der Waals surface area contributed by atoms with Crippen LogP contribution in [0.3, 0.4) is 0 Å². The van der Waals surface area contributed by atoms with Gasteiger partial charge < -0.3 is 14.7 Å². The summed E-state index contributed by atoms with van der Waals surface area (Å²) in [6, 6.07) is 27.7. The fourth-order valence-electron chi connectivity index (χ4n) is 6.29. The normalized spacial score (nSPS) is 13.7. The summed E-state index contributed by atoms with van der Waals surface area (Å²) in [6.07, 6.45) is 1.09. The SMILES string of the molecule is CC(C)Cc1ccc2nc(-c3[c-]ccc4c3C(C)(C)c3c-4oc4ccccc34)ccc2c1.CC(C)N=C([N-]C(C)C)C(C)C.[Ir]. The maximum Gasteiger partial charge on any atom is 0.135 e. The molecule has 0 amide bonds. The molecule has 2 heterocycles. The van der Waals surface area contributed by atoms with Crippen LogP contribution in [-0.4, -0.2) is 22.9 Å². The summed E-state index contributed by atoms with van der Waals surface area (Å²) in [7, 11) is 0. The fourth-order valence-corrected chi connectivity index (χ4v) is 6.29. The van der Waals surface area contributed by atoms with E-state index in [0.29, 0.717) is 23.9 Å². The zero-order valence-electron chi connectivity index (χ0n) is 28.5. The number of pyridine rings is 1. The molecule has 0 unspecified atom stereocenters. The molecule has 0 saturated heterocycles. The van der Waals surface area contributed by atoms with Gasteiger partial charge in [-0.15, -0.1) is 29.3 Å². The Bertz CT molecular complexity index is 1810. The van der Waals surface area contributed by atoms with Crippen molar-refractivity contribution in [3.63, 3.8) is 0 Å². The van der Waals surface area contributed by atoms with Gasteiger partial charge in [0.05, 0.1) is 5.52 Å². The van der Waals surface area contributed by atoms with Crippen molar-refractivity contribution in [1.82, 2.24) is 4.98 Å². The molecule has 239 valence electrons. The minimum absolute atomic E-state index is 0. The van der Waals surface area contributed by atoms with Gasteiger partial charge in [0.25, 0.3) is 0 Å². The van der Waals surface area contributed by atoms with Gasteiger partial charge in [0.15, 0.2) is 0 Å². The number of benzene rings is 3. The molecule has 0 bridgehead atoms. The monoisotopic (exact) mass is 778 g/mol. The number of rotatable bonds is 6. The van der Waals surface area contributed by atoms with Crippen molar-refractivity contribution in [3.8, 4) is 22.6 Å². The van der Waals surface area contributed by atoms with Crippen LogP contribution < -0.4 is 0 Å². The minimum Gasteiger partial charge on any atom is -0.466 e. The van der Waals surface area contributed by atoms with Gasteiger partial charge in [0.2, 0.25) is 0 Å². The van der Waals surface area contributed by atoms with Crippen molar-refractivity contribution in [1.29, 1.82) is 0 Å². The number of furan rings is 1. The van der Waals surface area contributed by atoms with E-state index >= 15 is 0 Å². The predicted octanol–water partition coefficient (Wildman–Crippen LogP) is 11.2. The largest absolute Gasteiger partial charge is 0.466 e. The van der Waals surface area contributed by atoms with Crippen molar-refractivity contribution in [3.05, 3.63) is 94.8 Å². The average Bonchev–Trinajstić information content (AvgIpc) is 3.46. The molecule has 1 aliphatic rings. The summed E-state index contributed by atoms with van der Waals surface area (Å²) < 4.78 is 6.34. The summed E-state index contributed by atoms with van der Waals surface area (Å²) >= 11 is 0. The third-order valence-corrected chi connectivity index (χ3v) is 8.04. The van der Waals surface area contributed by atoms with Crippen LogP contribution in [0.15, 0.2) is 76.1 Å². The first-order chi connectivity index (χ1) is 20.9. The Kier molecular flexibility index (Phi) is 10.8. The number of para-hydroxylation sites is 1. The number of nitrogens with zero attached hydrogens (tertiary/aromatic N) is 3. The molecule has 0 spiro atoms. The van der Waals surface area contributed by atoms with Crippen LogP contribution in [0, 0.1) is 17.9 Å². The third kappa shape index (κ3) is 7.26. The first kappa shape index (κ1) is 34.6. The van der Waals surface area contributed by atoms with Crippen LogP contribution in [0.1, 0.15) is 85.9 Å².